The van der Waals surface area contributed by atoms with Gasteiger partial charge in [-0.05, 0) is 64.9 Å². The van der Waals surface area contributed by atoms with Gasteiger partial charge in [0.1, 0.15) is 0 Å². The zero-order valence-corrected chi connectivity index (χ0v) is 16.5. The van der Waals surface area contributed by atoms with Gasteiger partial charge in [0.05, 0.1) is 13.1 Å². The molecule has 1 heterocycles. The molecule has 0 radical (unpaired) electrons. The van der Waals surface area contributed by atoms with Gasteiger partial charge in [0, 0.05) is 24.3 Å². The average molecular weight is 361 g/mol. The lowest BCUT2D eigenvalue weighted by atomic mass is 10.1. The third-order valence-electron chi connectivity index (χ3n) is 4.23. The topological polar surface area (TPSA) is 64.7 Å². The van der Waals surface area contributed by atoms with Crippen molar-refractivity contribution in [3.63, 3.8) is 0 Å². The Morgan fingerprint density at radius 3 is 2.19 bits per heavy atom. The first-order valence-corrected chi connectivity index (χ1v) is 9.33. The van der Waals surface area contributed by atoms with E-state index in [0.29, 0.717) is 13.1 Å². The number of hydrogen-bond donors (Lipinski definition) is 2. The Morgan fingerprint density at radius 2 is 1.62 bits per heavy atom. The van der Waals surface area contributed by atoms with Crippen molar-refractivity contribution >= 4 is 17.5 Å². The minimum atomic E-state index is -0.206. The number of carbonyl (C=O) groups is 2. The van der Waals surface area contributed by atoms with Crippen molar-refractivity contribution in [1.29, 1.82) is 0 Å². The van der Waals surface area contributed by atoms with Crippen LogP contribution in [0.1, 0.15) is 32.8 Å². The molecule has 1 aliphatic heterocycles. The predicted molar refractivity (Wildman–Crippen MR) is 105 cm³/mol. The third kappa shape index (κ3) is 7.54. The molecule has 26 heavy (non-hydrogen) atoms. The molecule has 2 rings (SSSR count). The summed E-state index contributed by atoms with van der Waals surface area (Å²) in [7, 11) is 0. The molecule has 2 amide bonds. The van der Waals surface area contributed by atoms with Crippen LogP contribution in [0.4, 0.5) is 5.69 Å². The molecule has 0 saturated carbocycles. The Balaban J connectivity index is 1.77. The highest BCUT2D eigenvalue weighted by molar-refractivity contribution is 5.92. The number of hydrogen-bond acceptors (Lipinski definition) is 4. The normalized spacial score (nSPS) is 16.8. The summed E-state index contributed by atoms with van der Waals surface area (Å²) in [4.78, 5) is 28.7. The van der Waals surface area contributed by atoms with Crippen LogP contribution in [0.5, 0.6) is 0 Å². The van der Waals surface area contributed by atoms with Crippen molar-refractivity contribution in [2.75, 3.05) is 44.6 Å². The molecule has 144 valence electrons. The number of anilines is 1. The van der Waals surface area contributed by atoms with Gasteiger partial charge in [-0.25, -0.2) is 0 Å². The molecule has 1 fully saturated rings. The summed E-state index contributed by atoms with van der Waals surface area (Å²) in [6, 6.07) is 7.82. The van der Waals surface area contributed by atoms with Crippen molar-refractivity contribution in [2.24, 2.45) is 0 Å². The number of nitrogens with zero attached hydrogens (tertiary/aromatic N) is 2. The van der Waals surface area contributed by atoms with Crippen LogP contribution in [0, 0.1) is 6.92 Å². The van der Waals surface area contributed by atoms with E-state index in [4.69, 9.17) is 0 Å². The van der Waals surface area contributed by atoms with Gasteiger partial charge in [-0.1, -0.05) is 12.1 Å². The van der Waals surface area contributed by atoms with Crippen molar-refractivity contribution in [1.82, 2.24) is 15.1 Å². The maximum Gasteiger partial charge on any atom is 0.238 e. The predicted octanol–water partition coefficient (Wildman–Crippen LogP) is 1.86. The molecule has 1 aromatic rings. The summed E-state index contributed by atoms with van der Waals surface area (Å²) in [5.41, 5.74) is 1.76. The quantitative estimate of drug-likeness (QED) is 0.841. The highest BCUT2D eigenvalue weighted by Gasteiger charge is 2.20. The van der Waals surface area contributed by atoms with Crippen LogP contribution in [0.3, 0.4) is 0 Å². The monoisotopic (exact) mass is 360 g/mol. The van der Waals surface area contributed by atoms with Crippen LogP contribution < -0.4 is 10.6 Å². The minimum absolute atomic E-state index is 0.00882. The Labute approximate surface area is 156 Å². The molecule has 1 aliphatic rings. The fourth-order valence-corrected chi connectivity index (χ4v) is 3.13. The van der Waals surface area contributed by atoms with Gasteiger partial charge in [-0.2, -0.15) is 0 Å². The van der Waals surface area contributed by atoms with E-state index in [1.165, 1.54) is 0 Å². The second-order valence-electron chi connectivity index (χ2n) is 8.12. The third-order valence-corrected chi connectivity index (χ3v) is 4.23. The molecule has 1 aromatic carbocycles. The standard InChI is InChI=1S/C20H32N4O2/c1-16-7-5-8-17(13-16)21-18(25)14-23-9-6-10-24(12-11-23)15-19(26)22-20(2,3)4/h5,7-8,13H,6,9-12,14-15H2,1-4H3,(H,21,25)(H,22,26). The van der Waals surface area contributed by atoms with Crippen LogP contribution in [-0.4, -0.2) is 66.4 Å². The second kappa shape index (κ2) is 9.14. The van der Waals surface area contributed by atoms with Crippen LogP contribution in [0.25, 0.3) is 0 Å². The summed E-state index contributed by atoms with van der Waals surface area (Å²) >= 11 is 0. The molecule has 1 saturated heterocycles. The zero-order chi connectivity index (χ0) is 19.2. The van der Waals surface area contributed by atoms with E-state index in [2.05, 4.69) is 20.4 Å². The van der Waals surface area contributed by atoms with Crippen molar-refractivity contribution in [3.8, 4) is 0 Å². The molecule has 0 atom stereocenters. The summed E-state index contributed by atoms with van der Waals surface area (Å²) in [5.74, 6) is 0.0673. The number of carbonyl (C=O) groups excluding carboxylic acids is 2. The first-order valence-electron chi connectivity index (χ1n) is 9.33. The summed E-state index contributed by atoms with van der Waals surface area (Å²) < 4.78 is 0. The molecule has 0 unspecified atom stereocenters. The van der Waals surface area contributed by atoms with Crippen molar-refractivity contribution in [2.45, 2.75) is 39.7 Å². The SMILES string of the molecule is Cc1cccc(NC(=O)CN2CCCN(CC(=O)NC(C)(C)C)CC2)c1. The van der Waals surface area contributed by atoms with Crippen molar-refractivity contribution in [3.05, 3.63) is 29.8 Å². The lowest BCUT2D eigenvalue weighted by Crippen LogP contribution is -2.46. The highest BCUT2D eigenvalue weighted by atomic mass is 16.2. The second-order valence-corrected chi connectivity index (χ2v) is 8.12. The van der Waals surface area contributed by atoms with Gasteiger partial charge < -0.3 is 10.6 Å². The van der Waals surface area contributed by atoms with Gasteiger partial charge in [-0.3, -0.25) is 19.4 Å². The first-order chi connectivity index (χ1) is 12.2. The zero-order valence-electron chi connectivity index (χ0n) is 16.5. The highest BCUT2D eigenvalue weighted by Crippen LogP contribution is 2.10. The fourth-order valence-electron chi connectivity index (χ4n) is 3.13. The number of rotatable bonds is 5. The van der Waals surface area contributed by atoms with Gasteiger partial charge >= 0.3 is 0 Å². The number of aryl methyl sites for hydroxylation is 1. The molecular formula is C20H32N4O2. The molecule has 0 spiro atoms. The smallest absolute Gasteiger partial charge is 0.238 e. The maximum absolute atomic E-state index is 12.3. The van der Waals surface area contributed by atoms with E-state index in [9.17, 15) is 9.59 Å². The Morgan fingerprint density at radius 1 is 1.00 bits per heavy atom. The summed E-state index contributed by atoms with van der Waals surface area (Å²) in [6.45, 7) is 12.1. The molecular weight excluding hydrogens is 328 g/mol. The van der Waals surface area contributed by atoms with Crippen LogP contribution in [-0.2, 0) is 9.59 Å². The Kier molecular flexibility index (Phi) is 7.17. The molecule has 6 heteroatoms. The van der Waals surface area contributed by atoms with E-state index < -0.39 is 0 Å². The largest absolute Gasteiger partial charge is 0.350 e. The van der Waals surface area contributed by atoms with E-state index in [-0.39, 0.29) is 17.4 Å². The van der Waals surface area contributed by atoms with Gasteiger partial charge in [0.15, 0.2) is 0 Å². The van der Waals surface area contributed by atoms with Crippen LogP contribution >= 0.6 is 0 Å². The first kappa shape index (κ1) is 20.4. The van der Waals surface area contributed by atoms with Crippen LogP contribution in [0.15, 0.2) is 24.3 Å². The number of benzene rings is 1. The summed E-state index contributed by atoms with van der Waals surface area (Å²) in [5, 5.41) is 5.97. The molecule has 2 N–H and O–H groups in total. The van der Waals surface area contributed by atoms with Crippen molar-refractivity contribution < 1.29 is 9.59 Å². The number of amides is 2. The molecule has 0 aromatic heterocycles. The molecule has 0 aliphatic carbocycles. The maximum atomic E-state index is 12.3. The minimum Gasteiger partial charge on any atom is -0.350 e. The lowest BCUT2D eigenvalue weighted by molar-refractivity contribution is -0.123. The molecule has 6 nitrogen and oxygen atoms in total. The van der Waals surface area contributed by atoms with Crippen LogP contribution in [0.2, 0.25) is 0 Å². The van der Waals surface area contributed by atoms with E-state index in [1.54, 1.807) is 0 Å². The van der Waals surface area contributed by atoms with E-state index in [1.807, 2.05) is 52.0 Å². The Bertz CT molecular complexity index is 624. The Hall–Kier alpha value is -1.92. The molecule has 0 bridgehead atoms. The fraction of sp³-hybridized carbons (Fsp3) is 0.600. The lowest BCUT2D eigenvalue weighted by Gasteiger charge is -2.25. The average Bonchev–Trinajstić information content (AvgIpc) is 2.70. The van der Waals surface area contributed by atoms with Gasteiger partial charge in [0.2, 0.25) is 11.8 Å². The van der Waals surface area contributed by atoms with E-state index in [0.717, 1.165) is 43.9 Å². The number of nitrogens with one attached hydrogen (secondary N) is 2. The van der Waals surface area contributed by atoms with E-state index >= 15 is 0 Å². The van der Waals surface area contributed by atoms with Gasteiger partial charge in [-0.15, -0.1) is 0 Å². The summed E-state index contributed by atoms with van der Waals surface area (Å²) in [6.07, 6.45) is 0.959. The van der Waals surface area contributed by atoms with Gasteiger partial charge in [0.25, 0.3) is 0 Å².